The molecule has 1 fully saturated rings. The van der Waals surface area contributed by atoms with Crippen LogP contribution < -0.4 is 0 Å². The lowest BCUT2D eigenvalue weighted by molar-refractivity contribution is -0.0288. The van der Waals surface area contributed by atoms with Crippen LogP contribution in [0.2, 0.25) is 0 Å². The minimum atomic E-state index is 0.345. The molecule has 3 nitrogen and oxygen atoms in total. The number of rotatable bonds is 4. The molecule has 1 saturated heterocycles. The second-order valence-electron chi connectivity index (χ2n) is 4.59. The smallest absolute Gasteiger partial charge is 0.0994 e. The van der Waals surface area contributed by atoms with Crippen molar-refractivity contribution in [2.75, 3.05) is 32.9 Å². The maximum absolute atomic E-state index is 5.58. The van der Waals surface area contributed by atoms with E-state index in [2.05, 4.69) is 37.5 Å². The van der Waals surface area contributed by atoms with Crippen LogP contribution in [0.1, 0.15) is 27.7 Å². The summed E-state index contributed by atoms with van der Waals surface area (Å²) >= 11 is 0. The Hall–Kier alpha value is -0.120. The Morgan fingerprint density at radius 1 is 1.00 bits per heavy atom. The Bertz CT molecular complexity index is 151. The molecule has 1 rings (SSSR count). The summed E-state index contributed by atoms with van der Waals surface area (Å²) in [5, 5.41) is 0. The number of hydrogen-bond acceptors (Lipinski definition) is 3. The van der Waals surface area contributed by atoms with Gasteiger partial charge in [-0.25, -0.2) is 0 Å². The molecule has 84 valence electrons. The zero-order valence-electron chi connectivity index (χ0n) is 9.99. The van der Waals surface area contributed by atoms with Gasteiger partial charge in [0.15, 0.2) is 0 Å². The lowest BCUT2D eigenvalue weighted by atomic mass is 10.2. The first-order chi connectivity index (χ1) is 6.59. The first kappa shape index (κ1) is 12.0. The van der Waals surface area contributed by atoms with Gasteiger partial charge in [0.2, 0.25) is 0 Å². The second-order valence-corrected chi connectivity index (χ2v) is 4.59. The predicted octanol–water partition coefficient (Wildman–Crippen LogP) is 1.39. The molecule has 0 aromatic heterocycles. The summed E-state index contributed by atoms with van der Waals surface area (Å²) in [4.78, 5) is 4.91. The summed E-state index contributed by atoms with van der Waals surface area (Å²) in [6.07, 6.45) is 0.345. The summed E-state index contributed by atoms with van der Waals surface area (Å²) in [6.45, 7) is 14.1. The van der Waals surface area contributed by atoms with Crippen LogP contribution in [0, 0.1) is 0 Å². The van der Waals surface area contributed by atoms with Crippen LogP contribution in [0.25, 0.3) is 0 Å². The van der Waals surface area contributed by atoms with Gasteiger partial charge < -0.3 is 4.74 Å². The SMILES string of the molecule is CC(C)OCN1CCN(C(C)C)CC1. The van der Waals surface area contributed by atoms with Gasteiger partial charge in [-0.15, -0.1) is 0 Å². The van der Waals surface area contributed by atoms with Crippen molar-refractivity contribution < 1.29 is 4.74 Å². The first-order valence-electron chi connectivity index (χ1n) is 5.67. The molecule has 0 radical (unpaired) electrons. The quantitative estimate of drug-likeness (QED) is 0.682. The highest BCUT2D eigenvalue weighted by molar-refractivity contribution is 4.72. The van der Waals surface area contributed by atoms with Crippen molar-refractivity contribution in [3.63, 3.8) is 0 Å². The summed E-state index contributed by atoms with van der Waals surface area (Å²) in [6, 6.07) is 0.683. The normalized spacial score (nSPS) is 21.0. The van der Waals surface area contributed by atoms with Gasteiger partial charge in [-0.3, -0.25) is 9.80 Å². The number of ether oxygens (including phenoxy) is 1. The molecule has 0 unspecified atom stereocenters. The van der Waals surface area contributed by atoms with E-state index in [-0.39, 0.29) is 0 Å². The molecule has 0 amide bonds. The molecule has 1 aliphatic heterocycles. The zero-order valence-corrected chi connectivity index (χ0v) is 9.99. The molecule has 0 N–H and O–H groups in total. The van der Waals surface area contributed by atoms with Crippen molar-refractivity contribution in [3.05, 3.63) is 0 Å². The van der Waals surface area contributed by atoms with E-state index in [1.165, 1.54) is 13.1 Å². The van der Waals surface area contributed by atoms with Crippen LogP contribution >= 0.6 is 0 Å². The van der Waals surface area contributed by atoms with Crippen molar-refractivity contribution in [1.82, 2.24) is 9.80 Å². The Morgan fingerprint density at radius 2 is 1.57 bits per heavy atom. The first-order valence-corrected chi connectivity index (χ1v) is 5.67. The molecule has 0 atom stereocenters. The van der Waals surface area contributed by atoms with Gasteiger partial charge in [0.1, 0.15) is 0 Å². The van der Waals surface area contributed by atoms with E-state index < -0.39 is 0 Å². The van der Waals surface area contributed by atoms with E-state index in [1.807, 2.05) is 0 Å². The van der Waals surface area contributed by atoms with Crippen LogP contribution in [0.3, 0.4) is 0 Å². The molecule has 0 bridgehead atoms. The van der Waals surface area contributed by atoms with Gasteiger partial charge in [-0.2, -0.15) is 0 Å². The Labute approximate surface area is 88.0 Å². The minimum absolute atomic E-state index is 0.345. The third-order valence-corrected chi connectivity index (χ3v) is 2.73. The molecule has 0 aromatic rings. The average molecular weight is 200 g/mol. The molecule has 1 heterocycles. The third-order valence-electron chi connectivity index (χ3n) is 2.73. The second kappa shape index (κ2) is 5.69. The van der Waals surface area contributed by atoms with Crippen LogP contribution in [0.4, 0.5) is 0 Å². The molecule has 3 heteroatoms. The molecule has 0 aromatic carbocycles. The fourth-order valence-corrected chi connectivity index (χ4v) is 1.66. The average Bonchev–Trinajstić information content (AvgIpc) is 2.15. The highest BCUT2D eigenvalue weighted by Crippen LogP contribution is 2.05. The molecule has 0 aliphatic carbocycles. The van der Waals surface area contributed by atoms with Crippen LogP contribution in [0.15, 0.2) is 0 Å². The van der Waals surface area contributed by atoms with Crippen LogP contribution in [0.5, 0.6) is 0 Å². The van der Waals surface area contributed by atoms with E-state index in [1.54, 1.807) is 0 Å². The number of piperazine rings is 1. The van der Waals surface area contributed by atoms with E-state index in [9.17, 15) is 0 Å². The van der Waals surface area contributed by atoms with Gasteiger partial charge in [0, 0.05) is 32.2 Å². The fraction of sp³-hybridized carbons (Fsp3) is 1.00. The maximum Gasteiger partial charge on any atom is 0.0994 e. The van der Waals surface area contributed by atoms with Gasteiger partial charge in [0.05, 0.1) is 12.8 Å². The van der Waals surface area contributed by atoms with Crippen molar-refractivity contribution in [3.8, 4) is 0 Å². The zero-order chi connectivity index (χ0) is 10.6. The van der Waals surface area contributed by atoms with Gasteiger partial charge in [-0.1, -0.05) is 0 Å². The Balaban J connectivity index is 2.16. The summed E-state index contributed by atoms with van der Waals surface area (Å²) in [7, 11) is 0. The standard InChI is InChI=1S/C11H24N2O/c1-10(2)13-7-5-12(6-8-13)9-14-11(3)4/h10-11H,5-9H2,1-4H3. The maximum atomic E-state index is 5.58. The summed E-state index contributed by atoms with van der Waals surface area (Å²) in [5.41, 5.74) is 0. The predicted molar refractivity (Wildman–Crippen MR) is 59.4 cm³/mol. The molecular formula is C11H24N2O. The molecular weight excluding hydrogens is 176 g/mol. The lowest BCUT2D eigenvalue weighted by Crippen LogP contribution is -2.49. The van der Waals surface area contributed by atoms with Crippen molar-refractivity contribution in [2.45, 2.75) is 39.8 Å². The minimum Gasteiger partial charge on any atom is -0.363 e. The highest BCUT2D eigenvalue weighted by Gasteiger charge is 2.18. The highest BCUT2D eigenvalue weighted by atomic mass is 16.5. The Kier molecular flexibility index (Phi) is 4.85. The van der Waals surface area contributed by atoms with Crippen molar-refractivity contribution in [2.24, 2.45) is 0 Å². The molecule has 0 spiro atoms. The number of hydrogen-bond donors (Lipinski definition) is 0. The van der Waals surface area contributed by atoms with Crippen LogP contribution in [-0.4, -0.2) is 54.9 Å². The molecule has 1 aliphatic rings. The lowest BCUT2D eigenvalue weighted by Gasteiger charge is -2.36. The van der Waals surface area contributed by atoms with Gasteiger partial charge in [-0.05, 0) is 27.7 Å². The van der Waals surface area contributed by atoms with Gasteiger partial charge in [0.25, 0.3) is 0 Å². The number of nitrogens with zero attached hydrogens (tertiary/aromatic N) is 2. The topological polar surface area (TPSA) is 15.7 Å². The third kappa shape index (κ3) is 3.95. The summed E-state index contributed by atoms with van der Waals surface area (Å²) in [5.74, 6) is 0. The van der Waals surface area contributed by atoms with Gasteiger partial charge >= 0.3 is 0 Å². The van der Waals surface area contributed by atoms with E-state index in [4.69, 9.17) is 4.74 Å². The largest absolute Gasteiger partial charge is 0.363 e. The van der Waals surface area contributed by atoms with E-state index in [0.717, 1.165) is 19.8 Å². The monoisotopic (exact) mass is 200 g/mol. The molecule has 14 heavy (non-hydrogen) atoms. The van der Waals surface area contributed by atoms with E-state index in [0.29, 0.717) is 12.1 Å². The van der Waals surface area contributed by atoms with Crippen LogP contribution in [-0.2, 0) is 4.74 Å². The van der Waals surface area contributed by atoms with Crippen molar-refractivity contribution >= 4 is 0 Å². The molecule has 0 saturated carbocycles. The fourth-order valence-electron chi connectivity index (χ4n) is 1.66. The Morgan fingerprint density at radius 3 is 2.00 bits per heavy atom. The van der Waals surface area contributed by atoms with Crippen molar-refractivity contribution in [1.29, 1.82) is 0 Å². The van der Waals surface area contributed by atoms with E-state index >= 15 is 0 Å². The summed E-state index contributed by atoms with van der Waals surface area (Å²) < 4.78 is 5.58.